The van der Waals surface area contributed by atoms with Gasteiger partial charge in [-0.15, -0.1) is 0 Å². The van der Waals surface area contributed by atoms with Gasteiger partial charge in [-0.2, -0.15) is 0 Å². The lowest BCUT2D eigenvalue weighted by molar-refractivity contribution is 0.206. The van der Waals surface area contributed by atoms with Crippen LogP contribution in [0.4, 0.5) is 5.82 Å². The molecule has 3 aromatic heterocycles. The predicted molar refractivity (Wildman–Crippen MR) is 118 cm³/mol. The first-order valence-electron chi connectivity index (χ1n) is 10.5. The van der Waals surface area contributed by atoms with Crippen LogP contribution in [0.5, 0.6) is 0 Å². The molecule has 154 valence electrons. The highest BCUT2D eigenvalue weighted by Crippen LogP contribution is 2.32. The minimum absolute atomic E-state index is 0.368. The summed E-state index contributed by atoms with van der Waals surface area (Å²) in [5.41, 5.74) is 4.75. The molecule has 0 N–H and O–H groups in total. The van der Waals surface area contributed by atoms with Crippen LogP contribution in [-0.4, -0.2) is 65.4 Å². The Bertz CT molecular complexity index is 963. The highest BCUT2D eigenvalue weighted by atomic mass is 15.2. The zero-order chi connectivity index (χ0) is 20.4. The number of fused-ring (bicyclic) bond motifs is 2. The van der Waals surface area contributed by atoms with Crippen LogP contribution in [0.1, 0.15) is 35.8 Å². The molecular formula is C23H32N6. The van der Waals surface area contributed by atoms with E-state index in [1.165, 1.54) is 23.5 Å². The standard InChI is InChI=1S/C23H32N6/c1-26(2)14-15-27(3)22-12-6-11-21-25-19(17-29(21)22)16-28(4)20-10-5-8-18-9-7-13-24-23(18)20/h6-7,9,11-13,17,20H,5,8,10,14-16H2,1-4H3/t20-/m0/s1. The van der Waals surface area contributed by atoms with Gasteiger partial charge in [0.25, 0.3) is 0 Å². The van der Waals surface area contributed by atoms with Crippen molar-refractivity contribution in [1.82, 2.24) is 24.2 Å². The lowest BCUT2D eigenvalue weighted by atomic mass is 9.91. The highest BCUT2D eigenvalue weighted by molar-refractivity contribution is 5.52. The Labute approximate surface area is 173 Å². The molecule has 0 saturated carbocycles. The monoisotopic (exact) mass is 392 g/mol. The SMILES string of the molecule is CN(C)CCN(C)c1cccc2nc(CN(C)[C@H]3CCCc4cccnc43)cn12. The average Bonchev–Trinajstić information content (AvgIpc) is 3.13. The van der Waals surface area contributed by atoms with E-state index in [0.29, 0.717) is 6.04 Å². The maximum absolute atomic E-state index is 4.91. The third kappa shape index (κ3) is 4.28. The molecule has 0 aromatic carbocycles. The summed E-state index contributed by atoms with van der Waals surface area (Å²) in [6, 6.07) is 11.0. The summed E-state index contributed by atoms with van der Waals surface area (Å²) in [5, 5.41) is 0. The Balaban J connectivity index is 1.54. The molecule has 6 nitrogen and oxygen atoms in total. The third-order valence-electron chi connectivity index (χ3n) is 5.90. The molecule has 1 atom stereocenters. The van der Waals surface area contributed by atoms with Gasteiger partial charge in [0.15, 0.2) is 0 Å². The van der Waals surface area contributed by atoms with Crippen molar-refractivity contribution >= 4 is 11.5 Å². The minimum Gasteiger partial charge on any atom is -0.359 e. The Hall–Kier alpha value is -2.44. The summed E-state index contributed by atoms with van der Waals surface area (Å²) in [7, 11) is 8.56. The molecule has 0 bridgehead atoms. The van der Waals surface area contributed by atoms with Gasteiger partial charge in [-0.1, -0.05) is 12.1 Å². The van der Waals surface area contributed by atoms with Crippen molar-refractivity contribution < 1.29 is 0 Å². The summed E-state index contributed by atoms with van der Waals surface area (Å²) >= 11 is 0. The van der Waals surface area contributed by atoms with Crippen molar-refractivity contribution in [3.63, 3.8) is 0 Å². The second kappa shape index (κ2) is 8.51. The van der Waals surface area contributed by atoms with Crippen molar-refractivity contribution in [2.45, 2.75) is 31.8 Å². The van der Waals surface area contributed by atoms with Gasteiger partial charge in [0, 0.05) is 39.1 Å². The molecule has 3 heterocycles. The van der Waals surface area contributed by atoms with E-state index in [2.05, 4.69) is 83.8 Å². The first kappa shape index (κ1) is 19.9. The van der Waals surface area contributed by atoms with E-state index in [-0.39, 0.29) is 0 Å². The van der Waals surface area contributed by atoms with Crippen LogP contribution in [0.2, 0.25) is 0 Å². The van der Waals surface area contributed by atoms with E-state index in [9.17, 15) is 0 Å². The highest BCUT2D eigenvalue weighted by Gasteiger charge is 2.25. The maximum Gasteiger partial charge on any atom is 0.138 e. The van der Waals surface area contributed by atoms with Gasteiger partial charge in [0.1, 0.15) is 11.5 Å². The first-order valence-corrected chi connectivity index (χ1v) is 10.5. The van der Waals surface area contributed by atoms with Crippen LogP contribution in [-0.2, 0) is 13.0 Å². The molecular weight excluding hydrogens is 360 g/mol. The van der Waals surface area contributed by atoms with Crippen molar-refractivity contribution in [3.8, 4) is 0 Å². The number of pyridine rings is 2. The summed E-state index contributed by atoms with van der Waals surface area (Å²) in [4.78, 5) is 16.5. The fourth-order valence-electron chi connectivity index (χ4n) is 4.28. The number of hydrogen-bond acceptors (Lipinski definition) is 5. The van der Waals surface area contributed by atoms with Gasteiger partial charge in [-0.25, -0.2) is 4.98 Å². The third-order valence-corrected chi connectivity index (χ3v) is 5.90. The molecule has 0 saturated heterocycles. The molecule has 0 aliphatic heterocycles. The van der Waals surface area contributed by atoms with Gasteiger partial charge in [0.05, 0.1) is 17.4 Å². The Morgan fingerprint density at radius 3 is 2.76 bits per heavy atom. The van der Waals surface area contributed by atoms with Crippen LogP contribution in [0, 0.1) is 0 Å². The number of imidazole rings is 1. The predicted octanol–water partition coefficient (Wildman–Crippen LogP) is 3.24. The van der Waals surface area contributed by atoms with Crippen LogP contribution in [0.25, 0.3) is 5.65 Å². The number of anilines is 1. The summed E-state index contributed by atoms with van der Waals surface area (Å²) < 4.78 is 2.21. The lowest BCUT2D eigenvalue weighted by Crippen LogP contribution is -2.29. The second-order valence-electron chi connectivity index (χ2n) is 8.44. The molecule has 4 rings (SSSR count). The Morgan fingerprint density at radius 1 is 1.07 bits per heavy atom. The fraction of sp³-hybridized carbons (Fsp3) is 0.478. The summed E-state index contributed by atoms with van der Waals surface area (Å²) in [6.45, 7) is 2.82. The molecule has 1 aliphatic rings. The van der Waals surface area contributed by atoms with Crippen molar-refractivity contribution in [2.75, 3.05) is 46.2 Å². The molecule has 1 aliphatic carbocycles. The van der Waals surface area contributed by atoms with E-state index in [0.717, 1.165) is 43.8 Å². The van der Waals surface area contributed by atoms with Crippen molar-refractivity contribution in [3.05, 3.63) is 59.7 Å². The molecule has 0 amide bonds. The van der Waals surface area contributed by atoms with Gasteiger partial charge in [0.2, 0.25) is 0 Å². The molecule has 0 unspecified atom stereocenters. The Morgan fingerprint density at radius 2 is 1.93 bits per heavy atom. The maximum atomic E-state index is 4.91. The summed E-state index contributed by atoms with van der Waals surface area (Å²) in [6.07, 6.45) is 7.64. The quantitative estimate of drug-likeness (QED) is 0.617. The first-order chi connectivity index (χ1) is 14.0. The largest absolute Gasteiger partial charge is 0.359 e. The topological polar surface area (TPSA) is 39.9 Å². The molecule has 0 radical (unpaired) electrons. The molecule has 29 heavy (non-hydrogen) atoms. The lowest BCUT2D eigenvalue weighted by Gasteiger charge is -2.31. The number of hydrogen-bond donors (Lipinski definition) is 0. The zero-order valence-electron chi connectivity index (χ0n) is 18.0. The van der Waals surface area contributed by atoms with E-state index in [4.69, 9.17) is 9.97 Å². The van der Waals surface area contributed by atoms with Crippen LogP contribution in [0.15, 0.2) is 42.7 Å². The van der Waals surface area contributed by atoms with Crippen molar-refractivity contribution in [1.29, 1.82) is 0 Å². The normalized spacial score (nSPS) is 16.6. The van der Waals surface area contributed by atoms with Gasteiger partial charge in [-0.3, -0.25) is 14.3 Å². The van der Waals surface area contributed by atoms with E-state index in [1.807, 2.05) is 6.20 Å². The van der Waals surface area contributed by atoms with Crippen LogP contribution < -0.4 is 4.90 Å². The van der Waals surface area contributed by atoms with E-state index in [1.54, 1.807) is 0 Å². The minimum atomic E-state index is 0.368. The van der Waals surface area contributed by atoms with Crippen molar-refractivity contribution in [2.24, 2.45) is 0 Å². The summed E-state index contributed by atoms with van der Waals surface area (Å²) in [5.74, 6) is 1.18. The average molecular weight is 393 g/mol. The number of rotatable bonds is 7. The number of nitrogens with zero attached hydrogens (tertiary/aromatic N) is 6. The van der Waals surface area contributed by atoms with Gasteiger partial charge < -0.3 is 9.80 Å². The molecule has 0 spiro atoms. The van der Waals surface area contributed by atoms with E-state index < -0.39 is 0 Å². The van der Waals surface area contributed by atoms with Crippen LogP contribution >= 0.6 is 0 Å². The molecule has 6 heteroatoms. The number of aromatic nitrogens is 3. The smallest absolute Gasteiger partial charge is 0.138 e. The fourth-order valence-corrected chi connectivity index (χ4v) is 4.28. The zero-order valence-corrected chi connectivity index (χ0v) is 18.0. The number of likely N-dealkylation sites (N-methyl/N-ethyl adjacent to an activating group) is 2. The van der Waals surface area contributed by atoms with Gasteiger partial charge >= 0.3 is 0 Å². The Kier molecular flexibility index (Phi) is 5.83. The van der Waals surface area contributed by atoms with Crippen LogP contribution in [0.3, 0.4) is 0 Å². The van der Waals surface area contributed by atoms with E-state index >= 15 is 0 Å². The number of aryl methyl sites for hydroxylation is 1. The second-order valence-corrected chi connectivity index (χ2v) is 8.44. The molecule has 3 aromatic rings. The molecule has 0 fully saturated rings. The van der Waals surface area contributed by atoms with Gasteiger partial charge in [-0.05, 0) is 64.2 Å².